The summed E-state index contributed by atoms with van der Waals surface area (Å²) in [7, 11) is 0. The van der Waals surface area contributed by atoms with Crippen LogP contribution in [0.25, 0.3) is 11.3 Å². The molecule has 21 heavy (non-hydrogen) atoms. The van der Waals surface area contributed by atoms with Crippen LogP contribution in [-0.4, -0.2) is 10.5 Å². The average Bonchev–Trinajstić information content (AvgIpc) is 2.86. The SMILES string of the molecule is CC1(C)CCCC(N)(Cc2nc(-c3ccccc3)cs2)C1. The van der Waals surface area contributed by atoms with E-state index in [-0.39, 0.29) is 5.54 Å². The summed E-state index contributed by atoms with van der Waals surface area (Å²) >= 11 is 1.75. The Labute approximate surface area is 131 Å². The van der Waals surface area contributed by atoms with Gasteiger partial charge in [-0.15, -0.1) is 11.3 Å². The minimum absolute atomic E-state index is 0.0758. The van der Waals surface area contributed by atoms with Crippen molar-refractivity contribution in [3.8, 4) is 11.3 Å². The normalized spacial score (nSPS) is 24.9. The van der Waals surface area contributed by atoms with Crippen LogP contribution in [-0.2, 0) is 6.42 Å². The lowest BCUT2D eigenvalue weighted by Gasteiger charge is -2.42. The van der Waals surface area contributed by atoms with E-state index in [2.05, 4.69) is 43.5 Å². The van der Waals surface area contributed by atoms with E-state index in [0.717, 1.165) is 25.0 Å². The smallest absolute Gasteiger partial charge is 0.0950 e. The van der Waals surface area contributed by atoms with Crippen molar-refractivity contribution in [2.75, 3.05) is 0 Å². The van der Waals surface area contributed by atoms with Crippen molar-refractivity contribution in [2.45, 2.75) is 51.5 Å². The number of nitrogens with zero attached hydrogens (tertiary/aromatic N) is 1. The molecular weight excluding hydrogens is 276 g/mol. The van der Waals surface area contributed by atoms with Crippen LogP contribution in [0.5, 0.6) is 0 Å². The van der Waals surface area contributed by atoms with Gasteiger partial charge in [0.1, 0.15) is 0 Å². The molecule has 0 bridgehead atoms. The second-order valence-electron chi connectivity index (χ2n) is 7.23. The van der Waals surface area contributed by atoms with Crippen LogP contribution in [0.4, 0.5) is 0 Å². The zero-order chi connectivity index (χ0) is 14.9. The van der Waals surface area contributed by atoms with Crippen molar-refractivity contribution in [2.24, 2.45) is 11.1 Å². The molecule has 2 N–H and O–H groups in total. The van der Waals surface area contributed by atoms with Gasteiger partial charge in [-0.3, -0.25) is 0 Å². The number of aromatic nitrogens is 1. The van der Waals surface area contributed by atoms with Gasteiger partial charge < -0.3 is 5.73 Å². The highest BCUT2D eigenvalue weighted by Crippen LogP contribution is 2.41. The highest BCUT2D eigenvalue weighted by molar-refractivity contribution is 7.09. The minimum atomic E-state index is -0.0758. The molecule has 1 saturated carbocycles. The lowest BCUT2D eigenvalue weighted by atomic mass is 9.67. The Kier molecular flexibility index (Phi) is 3.89. The first-order valence-electron chi connectivity index (χ1n) is 7.75. The van der Waals surface area contributed by atoms with Crippen molar-refractivity contribution in [3.63, 3.8) is 0 Å². The number of rotatable bonds is 3. The molecule has 1 atom stereocenters. The van der Waals surface area contributed by atoms with Crippen LogP contribution in [0, 0.1) is 5.41 Å². The van der Waals surface area contributed by atoms with E-state index < -0.39 is 0 Å². The summed E-state index contributed by atoms with van der Waals surface area (Å²) in [5.41, 5.74) is 9.24. The first-order chi connectivity index (χ1) is 9.96. The molecule has 0 amide bonds. The number of nitrogens with two attached hydrogens (primary N) is 1. The fourth-order valence-electron chi connectivity index (χ4n) is 3.63. The van der Waals surface area contributed by atoms with E-state index in [1.54, 1.807) is 11.3 Å². The molecule has 1 aromatic carbocycles. The maximum atomic E-state index is 6.68. The molecule has 0 saturated heterocycles. The van der Waals surface area contributed by atoms with Gasteiger partial charge in [-0.2, -0.15) is 0 Å². The summed E-state index contributed by atoms with van der Waals surface area (Å²) in [5, 5.41) is 3.33. The van der Waals surface area contributed by atoms with Gasteiger partial charge >= 0.3 is 0 Å². The molecule has 0 aliphatic heterocycles. The summed E-state index contributed by atoms with van der Waals surface area (Å²) in [6.07, 6.45) is 5.66. The highest BCUT2D eigenvalue weighted by atomic mass is 32.1. The van der Waals surface area contributed by atoms with E-state index in [1.807, 2.05) is 6.07 Å². The van der Waals surface area contributed by atoms with E-state index in [9.17, 15) is 0 Å². The molecule has 1 aliphatic rings. The second kappa shape index (κ2) is 5.54. The Bertz CT molecular complexity index is 603. The van der Waals surface area contributed by atoms with Gasteiger partial charge in [0.15, 0.2) is 0 Å². The Morgan fingerprint density at radius 3 is 2.67 bits per heavy atom. The zero-order valence-electron chi connectivity index (χ0n) is 12.9. The van der Waals surface area contributed by atoms with Crippen LogP contribution in [0.1, 0.15) is 44.5 Å². The maximum absolute atomic E-state index is 6.68. The van der Waals surface area contributed by atoms with Crippen LogP contribution in [0.15, 0.2) is 35.7 Å². The molecule has 3 rings (SSSR count). The van der Waals surface area contributed by atoms with Gasteiger partial charge in [-0.25, -0.2) is 4.98 Å². The molecule has 112 valence electrons. The molecule has 1 unspecified atom stereocenters. The fourth-order valence-corrected chi connectivity index (χ4v) is 4.59. The van der Waals surface area contributed by atoms with Gasteiger partial charge in [0.25, 0.3) is 0 Å². The van der Waals surface area contributed by atoms with E-state index >= 15 is 0 Å². The summed E-state index contributed by atoms with van der Waals surface area (Å²) in [6.45, 7) is 4.68. The van der Waals surface area contributed by atoms with Gasteiger partial charge in [0, 0.05) is 22.9 Å². The zero-order valence-corrected chi connectivity index (χ0v) is 13.7. The molecular formula is C18H24N2S. The Hall–Kier alpha value is -1.19. The molecule has 1 heterocycles. The Morgan fingerprint density at radius 1 is 1.19 bits per heavy atom. The molecule has 3 heteroatoms. The highest BCUT2D eigenvalue weighted by Gasteiger charge is 2.37. The largest absolute Gasteiger partial charge is 0.325 e. The summed E-state index contributed by atoms with van der Waals surface area (Å²) in [6, 6.07) is 10.4. The van der Waals surface area contributed by atoms with Gasteiger partial charge in [-0.1, -0.05) is 50.6 Å². The third-order valence-corrected chi connectivity index (χ3v) is 5.33. The lowest BCUT2D eigenvalue weighted by molar-refractivity contribution is 0.151. The number of thiazole rings is 1. The third kappa shape index (κ3) is 3.53. The molecule has 1 aromatic heterocycles. The number of hydrogen-bond acceptors (Lipinski definition) is 3. The van der Waals surface area contributed by atoms with Crippen molar-refractivity contribution >= 4 is 11.3 Å². The summed E-state index contributed by atoms with van der Waals surface area (Å²) in [4.78, 5) is 4.81. The van der Waals surface area contributed by atoms with Crippen LogP contribution < -0.4 is 5.73 Å². The summed E-state index contributed by atoms with van der Waals surface area (Å²) in [5.74, 6) is 0. The van der Waals surface area contributed by atoms with Gasteiger partial charge in [0.2, 0.25) is 0 Å². The average molecular weight is 300 g/mol. The van der Waals surface area contributed by atoms with Crippen LogP contribution >= 0.6 is 11.3 Å². The van der Waals surface area contributed by atoms with Crippen LogP contribution in [0.3, 0.4) is 0 Å². The second-order valence-corrected chi connectivity index (χ2v) is 8.17. The van der Waals surface area contributed by atoms with E-state index in [4.69, 9.17) is 10.7 Å². The summed E-state index contributed by atoms with van der Waals surface area (Å²) < 4.78 is 0. The van der Waals surface area contributed by atoms with Gasteiger partial charge in [-0.05, 0) is 24.7 Å². The third-order valence-electron chi connectivity index (χ3n) is 4.48. The first kappa shape index (κ1) is 14.7. The first-order valence-corrected chi connectivity index (χ1v) is 8.63. The van der Waals surface area contributed by atoms with Crippen molar-refractivity contribution in [1.82, 2.24) is 4.98 Å². The molecule has 0 radical (unpaired) electrons. The predicted molar refractivity (Wildman–Crippen MR) is 90.4 cm³/mol. The maximum Gasteiger partial charge on any atom is 0.0950 e. The quantitative estimate of drug-likeness (QED) is 0.896. The predicted octanol–water partition coefficient (Wildman–Crippen LogP) is 4.65. The number of hydrogen-bond donors (Lipinski definition) is 1. The van der Waals surface area contributed by atoms with Crippen molar-refractivity contribution in [1.29, 1.82) is 0 Å². The Morgan fingerprint density at radius 2 is 1.95 bits per heavy atom. The lowest BCUT2D eigenvalue weighted by Crippen LogP contribution is -2.48. The Balaban J connectivity index is 1.75. The topological polar surface area (TPSA) is 38.9 Å². The molecule has 0 spiro atoms. The molecule has 1 aliphatic carbocycles. The molecule has 1 fully saturated rings. The standard InChI is InChI=1S/C18H24N2S/c1-17(2)9-6-10-18(19,13-17)11-16-20-15(12-21-16)14-7-4-3-5-8-14/h3-5,7-8,12H,6,9-11,13,19H2,1-2H3. The number of benzene rings is 1. The monoisotopic (exact) mass is 300 g/mol. The van der Waals surface area contributed by atoms with E-state index in [0.29, 0.717) is 5.41 Å². The van der Waals surface area contributed by atoms with Gasteiger partial charge in [0.05, 0.1) is 10.7 Å². The van der Waals surface area contributed by atoms with E-state index in [1.165, 1.54) is 23.4 Å². The fraction of sp³-hybridized carbons (Fsp3) is 0.500. The molecule has 2 aromatic rings. The van der Waals surface area contributed by atoms with Crippen LogP contribution in [0.2, 0.25) is 0 Å². The minimum Gasteiger partial charge on any atom is -0.325 e. The van der Waals surface area contributed by atoms with Crippen molar-refractivity contribution < 1.29 is 0 Å². The molecule has 2 nitrogen and oxygen atoms in total. The van der Waals surface area contributed by atoms with Crippen molar-refractivity contribution in [3.05, 3.63) is 40.7 Å².